The van der Waals surface area contributed by atoms with Gasteiger partial charge in [-0.05, 0) is 6.92 Å². The molecule has 1 aromatic rings. The van der Waals surface area contributed by atoms with Gasteiger partial charge in [0.1, 0.15) is 0 Å². The molecule has 4 nitrogen and oxygen atoms in total. The van der Waals surface area contributed by atoms with E-state index in [0.717, 1.165) is 0 Å². The highest BCUT2D eigenvalue weighted by molar-refractivity contribution is 6.59. The van der Waals surface area contributed by atoms with Gasteiger partial charge < -0.3 is 15.0 Å². The molecule has 3 N–H and O–H groups in total. The highest BCUT2D eigenvalue weighted by Gasteiger charge is 2.13. The summed E-state index contributed by atoms with van der Waals surface area (Å²) in [5.74, 6) is 0. The van der Waals surface area contributed by atoms with Crippen molar-refractivity contribution in [1.29, 1.82) is 0 Å². The number of hydrogen-bond acceptors (Lipinski definition) is 3. The second kappa shape index (κ2) is 2.90. The largest absolute Gasteiger partial charge is 0.490 e. The van der Waals surface area contributed by atoms with E-state index >= 15 is 0 Å². The van der Waals surface area contributed by atoms with Crippen LogP contribution in [0.2, 0.25) is 0 Å². The molecule has 0 aliphatic heterocycles. The predicted octanol–water partition coefficient (Wildman–Crippen LogP) is -1.64. The summed E-state index contributed by atoms with van der Waals surface area (Å²) in [6.45, 7) is 1.61. The van der Waals surface area contributed by atoms with Gasteiger partial charge in [0, 0.05) is 17.2 Å². The first-order valence-electron chi connectivity index (χ1n) is 3.17. The first-order valence-corrected chi connectivity index (χ1v) is 3.17. The van der Waals surface area contributed by atoms with Crippen molar-refractivity contribution < 1.29 is 10.0 Å². The molecule has 0 aromatic carbocycles. The number of rotatable bonds is 1. The minimum Gasteiger partial charge on any atom is -0.423 e. The Hall–Kier alpha value is -1.07. The smallest absolute Gasteiger partial charge is 0.423 e. The average Bonchev–Trinajstić information content (AvgIpc) is 1.85. The summed E-state index contributed by atoms with van der Waals surface area (Å²) in [6.07, 6.45) is 0. The van der Waals surface area contributed by atoms with Crippen LogP contribution >= 0.6 is 0 Å². The van der Waals surface area contributed by atoms with Gasteiger partial charge in [0.05, 0.1) is 0 Å². The van der Waals surface area contributed by atoms with Crippen molar-refractivity contribution in [3.8, 4) is 0 Å². The number of hydrogen-bond donors (Lipinski definition) is 3. The first-order chi connectivity index (χ1) is 5.11. The topological polar surface area (TPSA) is 73.3 Å². The Morgan fingerprint density at radius 2 is 2.09 bits per heavy atom. The third-order valence-electron chi connectivity index (χ3n) is 1.44. The van der Waals surface area contributed by atoms with Crippen LogP contribution in [0.15, 0.2) is 16.9 Å². The zero-order valence-corrected chi connectivity index (χ0v) is 6.03. The quantitative estimate of drug-likeness (QED) is 0.423. The molecular weight excluding hydrogens is 145 g/mol. The Bertz CT molecular complexity index is 307. The predicted molar refractivity (Wildman–Crippen MR) is 41.6 cm³/mol. The summed E-state index contributed by atoms with van der Waals surface area (Å²) in [5, 5.41) is 17.5. The number of pyridine rings is 1. The maximum absolute atomic E-state index is 10.6. The van der Waals surface area contributed by atoms with Crippen LogP contribution in [0.1, 0.15) is 5.69 Å². The molecule has 0 fully saturated rings. The zero-order chi connectivity index (χ0) is 8.43. The Labute approximate surface area is 63.7 Å². The zero-order valence-electron chi connectivity index (χ0n) is 6.03. The molecule has 58 valence electrons. The number of nitrogens with one attached hydrogen (secondary N) is 1. The van der Waals surface area contributed by atoms with Crippen LogP contribution in [-0.2, 0) is 0 Å². The lowest BCUT2D eigenvalue weighted by Crippen LogP contribution is -2.34. The van der Waals surface area contributed by atoms with E-state index in [0.29, 0.717) is 11.2 Å². The third kappa shape index (κ3) is 1.69. The van der Waals surface area contributed by atoms with E-state index in [4.69, 9.17) is 10.0 Å². The van der Waals surface area contributed by atoms with Gasteiger partial charge in [-0.25, -0.2) is 0 Å². The van der Waals surface area contributed by atoms with Gasteiger partial charge in [-0.15, -0.1) is 0 Å². The number of aryl methyl sites for hydroxylation is 1. The monoisotopic (exact) mass is 153 g/mol. The van der Waals surface area contributed by atoms with Gasteiger partial charge >= 0.3 is 7.12 Å². The summed E-state index contributed by atoms with van der Waals surface area (Å²) < 4.78 is 0. The molecule has 0 bridgehead atoms. The lowest BCUT2D eigenvalue weighted by molar-refractivity contribution is 0.425. The molecule has 0 spiro atoms. The van der Waals surface area contributed by atoms with Crippen molar-refractivity contribution in [1.82, 2.24) is 4.98 Å². The Morgan fingerprint density at radius 3 is 2.55 bits per heavy atom. The van der Waals surface area contributed by atoms with Crippen LogP contribution in [0.3, 0.4) is 0 Å². The maximum atomic E-state index is 10.6. The molecule has 5 heteroatoms. The van der Waals surface area contributed by atoms with Gasteiger partial charge in [-0.1, -0.05) is 6.07 Å². The van der Waals surface area contributed by atoms with Crippen molar-refractivity contribution in [3.63, 3.8) is 0 Å². The van der Waals surface area contributed by atoms with Gasteiger partial charge in [-0.2, -0.15) is 0 Å². The van der Waals surface area contributed by atoms with Crippen molar-refractivity contribution in [2.24, 2.45) is 0 Å². The molecule has 0 aliphatic carbocycles. The molecule has 0 aliphatic rings. The van der Waals surface area contributed by atoms with Gasteiger partial charge in [0.25, 0.3) is 0 Å². The van der Waals surface area contributed by atoms with E-state index in [1.807, 2.05) is 0 Å². The molecule has 0 saturated heterocycles. The Balaban J connectivity index is 3.20. The van der Waals surface area contributed by atoms with E-state index in [9.17, 15) is 4.79 Å². The molecule has 0 amide bonds. The Kier molecular flexibility index (Phi) is 2.12. The van der Waals surface area contributed by atoms with E-state index in [-0.39, 0.29) is 5.56 Å². The molecule has 0 saturated carbocycles. The van der Waals surface area contributed by atoms with E-state index in [2.05, 4.69) is 4.98 Å². The molecule has 1 rings (SSSR count). The van der Waals surface area contributed by atoms with E-state index < -0.39 is 7.12 Å². The molecule has 1 heterocycles. The summed E-state index contributed by atoms with van der Waals surface area (Å²) in [5.41, 5.74) is 0.559. The lowest BCUT2D eigenvalue weighted by Gasteiger charge is -2.01. The number of H-pyrrole nitrogens is 1. The van der Waals surface area contributed by atoms with Crippen LogP contribution in [0.25, 0.3) is 0 Å². The maximum Gasteiger partial charge on any atom is 0.490 e. The highest BCUT2D eigenvalue weighted by Crippen LogP contribution is 1.83. The molecule has 0 atom stereocenters. The van der Waals surface area contributed by atoms with Crippen molar-refractivity contribution in [2.75, 3.05) is 0 Å². The molecule has 1 aromatic heterocycles. The summed E-state index contributed by atoms with van der Waals surface area (Å²) >= 11 is 0. The minimum atomic E-state index is -1.52. The Morgan fingerprint density at radius 1 is 1.45 bits per heavy atom. The first kappa shape index (κ1) is 8.04. The van der Waals surface area contributed by atoms with Crippen molar-refractivity contribution >= 4 is 12.6 Å². The van der Waals surface area contributed by atoms with Crippen LogP contribution in [0.5, 0.6) is 0 Å². The van der Waals surface area contributed by atoms with Crippen LogP contribution in [0.4, 0.5) is 0 Å². The SMILES string of the molecule is Cc1[nH]c(=O)ccc1B(O)O. The lowest BCUT2D eigenvalue weighted by atomic mass is 9.79. The van der Waals surface area contributed by atoms with E-state index in [1.54, 1.807) is 6.92 Å². The van der Waals surface area contributed by atoms with Crippen LogP contribution in [0, 0.1) is 6.92 Å². The summed E-state index contributed by atoms with van der Waals surface area (Å²) in [7, 11) is -1.52. The standard InChI is InChI=1S/C6H8BNO3/c1-4-5(7(10)11)2-3-6(9)8-4/h2-3,10-11H,1H3,(H,8,9). The van der Waals surface area contributed by atoms with E-state index in [1.165, 1.54) is 12.1 Å². The molecule has 0 unspecified atom stereocenters. The van der Waals surface area contributed by atoms with Gasteiger partial charge in [0.15, 0.2) is 0 Å². The molecular formula is C6H8BNO3. The van der Waals surface area contributed by atoms with Gasteiger partial charge in [0.2, 0.25) is 5.56 Å². The van der Waals surface area contributed by atoms with Crippen molar-refractivity contribution in [3.05, 3.63) is 28.2 Å². The fourth-order valence-electron chi connectivity index (χ4n) is 0.869. The highest BCUT2D eigenvalue weighted by atomic mass is 16.4. The summed E-state index contributed by atoms with van der Waals surface area (Å²) in [6, 6.07) is 2.64. The average molecular weight is 153 g/mol. The van der Waals surface area contributed by atoms with Crippen molar-refractivity contribution in [2.45, 2.75) is 6.92 Å². The number of aromatic nitrogens is 1. The molecule has 11 heavy (non-hydrogen) atoms. The normalized spacial score (nSPS) is 9.73. The minimum absolute atomic E-state index is 0.244. The van der Waals surface area contributed by atoms with Crippen LogP contribution < -0.4 is 11.0 Å². The fourth-order valence-corrected chi connectivity index (χ4v) is 0.869. The van der Waals surface area contributed by atoms with Crippen LogP contribution in [-0.4, -0.2) is 22.2 Å². The summed E-state index contributed by atoms with van der Waals surface area (Å²) in [4.78, 5) is 13.1. The third-order valence-corrected chi connectivity index (χ3v) is 1.44. The molecule has 0 radical (unpaired) electrons. The number of aromatic amines is 1. The fraction of sp³-hybridized carbons (Fsp3) is 0.167. The van der Waals surface area contributed by atoms with Gasteiger partial charge in [-0.3, -0.25) is 4.79 Å². The second-order valence-corrected chi connectivity index (χ2v) is 2.28. The second-order valence-electron chi connectivity index (χ2n) is 2.28.